The minimum absolute atomic E-state index is 0.365. The van der Waals surface area contributed by atoms with E-state index >= 15 is 0 Å². The number of carbonyl (C=O) groups is 1. The van der Waals surface area contributed by atoms with E-state index in [0.29, 0.717) is 12.1 Å². The van der Waals surface area contributed by atoms with Crippen LogP contribution < -0.4 is 0 Å². The third-order valence-electron chi connectivity index (χ3n) is 4.28. The van der Waals surface area contributed by atoms with Crippen molar-refractivity contribution < 1.29 is 9.53 Å². The first kappa shape index (κ1) is 16.0. The number of pyridine rings is 1. The first-order chi connectivity index (χ1) is 12.7. The average molecular weight is 343 g/mol. The number of carbonyl (C=O) groups excluding carboxylic acids is 1. The Morgan fingerprint density at radius 1 is 1.04 bits per heavy atom. The molecule has 0 amide bonds. The van der Waals surface area contributed by atoms with E-state index in [2.05, 4.69) is 10.1 Å². The zero-order chi connectivity index (χ0) is 17.9. The number of fused-ring (bicyclic) bond motifs is 1. The van der Waals surface area contributed by atoms with Crippen molar-refractivity contribution in [2.24, 2.45) is 0 Å². The van der Waals surface area contributed by atoms with Crippen LogP contribution in [0.2, 0.25) is 0 Å². The Bertz CT molecular complexity index is 1060. The number of nitrogens with zero attached hydrogens (tertiary/aromatic N) is 3. The molecule has 4 aromatic rings. The van der Waals surface area contributed by atoms with Crippen molar-refractivity contribution >= 4 is 16.9 Å². The Hall–Kier alpha value is -3.47. The molecule has 0 aliphatic heterocycles. The molecule has 0 bridgehead atoms. The molecule has 0 aliphatic rings. The molecule has 128 valence electrons. The van der Waals surface area contributed by atoms with Crippen LogP contribution in [0.25, 0.3) is 22.0 Å². The Morgan fingerprint density at radius 2 is 1.81 bits per heavy atom. The highest BCUT2D eigenvalue weighted by atomic mass is 16.5. The highest BCUT2D eigenvalue weighted by molar-refractivity contribution is 6.05. The topological polar surface area (TPSA) is 57.0 Å². The molecule has 0 spiro atoms. The summed E-state index contributed by atoms with van der Waals surface area (Å²) in [4.78, 5) is 16.3. The van der Waals surface area contributed by atoms with Crippen molar-refractivity contribution in [1.82, 2.24) is 14.8 Å². The Kier molecular flexibility index (Phi) is 4.19. The molecule has 2 heterocycles. The standard InChI is InChI=1S/C21H17N3O2/c1-26-21(25)18-11-17(16-5-3-2-4-6-16)12-20-19(18)14-24(23-20)13-15-7-9-22-10-8-15/h2-12,14H,13H2,1H3. The Morgan fingerprint density at radius 3 is 2.54 bits per heavy atom. The second-order valence-corrected chi connectivity index (χ2v) is 6.00. The lowest BCUT2D eigenvalue weighted by molar-refractivity contribution is 0.0603. The smallest absolute Gasteiger partial charge is 0.338 e. The van der Waals surface area contributed by atoms with E-state index < -0.39 is 0 Å². The second kappa shape index (κ2) is 6.80. The molecule has 4 rings (SSSR count). The van der Waals surface area contributed by atoms with Crippen LogP contribution in [0.15, 0.2) is 73.2 Å². The maximum Gasteiger partial charge on any atom is 0.338 e. The van der Waals surface area contributed by atoms with Gasteiger partial charge in [0.05, 0.1) is 24.7 Å². The van der Waals surface area contributed by atoms with Gasteiger partial charge >= 0.3 is 5.97 Å². The second-order valence-electron chi connectivity index (χ2n) is 6.00. The van der Waals surface area contributed by atoms with E-state index in [0.717, 1.165) is 27.6 Å². The van der Waals surface area contributed by atoms with Gasteiger partial charge in [-0.05, 0) is 41.0 Å². The monoisotopic (exact) mass is 343 g/mol. The van der Waals surface area contributed by atoms with E-state index in [9.17, 15) is 4.79 Å². The van der Waals surface area contributed by atoms with E-state index in [1.165, 1.54) is 7.11 Å². The number of ether oxygens (including phenoxy) is 1. The highest BCUT2D eigenvalue weighted by Gasteiger charge is 2.16. The predicted octanol–water partition coefficient (Wildman–Crippen LogP) is 3.93. The molecular formula is C21H17N3O2. The van der Waals surface area contributed by atoms with Gasteiger partial charge in [-0.25, -0.2) is 4.79 Å². The number of esters is 1. The third kappa shape index (κ3) is 3.07. The van der Waals surface area contributed by atoms with Crippen LogP contribution in [0, 0.1) is 0 Å². The summed E-state index contributed by atoms with van der Waals surface area (Å²) in [5, 5.41) is 5.44. The van der Waals surface area contributed by atoms with Crippen molar-refractivity contribution in [3.8, 4) is 11.1 Å². The van der Waals surface area contributed by atoms with Crippen LogP contribution in [-0.4, -0.2) is 27.8 Å². The molecule has 2 aromatic heterocycles. The first-order valence-corrected chi connectivity index (χ1v) is 8.28. The Balaban J connectivity index is 1.83. The number of benzene rings is 2. The lowest BCUT2D eigenvalue weighted by Crippen LogP contribution is -2.02. The van der Waals surface area contributed by atoms with Gasteiger partial charge in [-0.1, -0.05) is 30.3 Å². The first-order valence-electron chi connectivity index (χ1n) is 8.28. The number of rotatable bonds is 4. The molecule has 5 heteroatoms. The highest BCUT2D eigenvalue weighted by Crippen LogP contribution is 2.28. The minimum atomic E-state index is -0.365. The molecule has 0 saturated carbocycles. The van der Waals surface area contributed by atoms with Crippen molar-refractivity contribution in [3.05, 3.63) is 84.3 Å². The summed E-state index contributed by atoms with van der Waals surface area (Å²) >= 11 is 0. The molecule has 2 aromatic carbocycles. The van der Waals surface area contributed by atoms with Crippen LogP contribution in [0.5, 0.6) is 0 Å². The van der Waals surface area contributed by atoms with E-state index in [-0.39, 0.29) is 5.97 Å². The van der Waals surface area contributed by atoms with Crippen molar-refractivity contribution in [2.45, 2.75) is 6.54 Å². The van der Waals surface area contributed by atoms with Gasteiger partial charge in [0.2, 0.25) is 0 Å². The van der Waals surface area contributed by atoms with Gasteiger partial charge in [-0.3, -0.25) is 9.67 Å². The minimum Gasteiger partial charge on any atom is -0.465 e. The number of hydrogen-bond acceptors (Lipinski definition) is 4. The zero-order valence-corrected chi connectivity index (χ0v) is 14.3. The van der Waals surface area contributed by atoms with Crippen molar-refractivity contribution in [1.29, 1.82) is 0 Å². The van der Waals surface area contributed by atoms with Crippen LogP contribution in [0.3, 0.4) is 0 Å². The number of hydrogen-bond donors (Lipinski definition) is 0. The molecule has 0 atom stereocenters. The van der Waals surface area contributed by atoms with Gasteiger partial charge in [0.1, 0.15) is 0 Å². The average Bonchev–Trinajstić information content (AvgIpc) is 3.10. The number of aromatic nitrogens is 3. The quantitative estimate of drug-likeness (QED) is 0.527. The van der Waals surface area contributed by atoms with Gasteiger partial charge in [0, 0.05) is 24.0 Å². The van der Waals surface area contributed by atoms with Gasteiger partial charge in [-0.2, -0.15) is 5.10 Å². The lowest BCUT2D eigenvalue weighted by atomic mass is 10.0. The van der Waals surface area contributed by atoms with Gasteiger partial charge in [0.25, 0.3) is 0 Å². The summed E-state index contributed by atoms with van der Waals surface area (Å²) in [5.74, 6) is -0.365. The predicted molar refractivity (Wildman–Crippen MR) is 99.8 cm³/mol. The van der Waals surface area contributed by atoms with Gasteiger partial charge in [-0.15, -0.1) is 0 Å². The van der Waals surface area contributed by atoms with Crippen LogP contribution in [-0.2, 0) is 11.3 Å². The molecule has 0 N–H and O–H groups in total. The fourth-order valence-electron chi connectivity index (χ4n) is 3.00. The largest absolute Gasteiger partial charge is 0.465 e. The van der Waals surface area contributed by atoms with E-state index in [4.69, 9.17) is 4.74 Å². The fourth-order valence-corrected chi connectivity index (χ4v) is 3.00. The zero-order valence-electron chi connectivity index (χ0n) is 14.3. The van der Waals surface area contributed by atoms with Crippen molar-refractivity contribution in [3.63, 3.8) is 0 Å². The van der Waals surface area contributed by atoms with Crippen molar-refractivity contribution in [2.75, 3.05) is 7.11 Å². The number of methoxy groups -OCH3 is 1. The molecule has 0 unspecified atom stereocenters. The summed E-state index contributed by atoms with van der Waals surface area (Å²) in [6.45, 7) is 0.610. The SMILES string of the molecule is COC(=O)c1cc(-c2ccccc2)cc2nn(Cc3ccncc3)cc12. The van der Waals surface area contributed by atoms with Crippen LogP contribution in [0.4, 0.5) is 0 Å². The molecule has 0 saturated heterocycles. The lowest BCUT2D eigenvalue weighted by Gasteiger charge is -2.06. The molecule has 5 nitrogen and oxygen atoms in total. The maximum atomic E-state index is 12.3. The summed E-state index contributed by atoms with van der Waals surface area (Å²) in [5.41, 5.74) is 4.34. The maximum absolute atomic E-state index is 12.3. The van der Waals surface area contributed by atoms with Crippen LogP contribution in [0.1, 0.15) is 15.9 Å². The molecule has 0 aliphatic carbocycles. The Labute approximate surface area is 150 Å². The van der Waals surface area contributed by atoms with Gasteiger partial charge in [0.15, 0.2) is 0 Å². The summed E-state index contributed by atoms with van der Waals surface area (Å²) < 4.78 is 6.81. The van der Waals surface area contributed by atoms with Gasteiger partial charge < -0.3 is 4.74 Å². The molecule has 0 radical (unpaired) electrons. The molecule has 26 heavy (non-hydrogen) atoms. The normalized spacial score (nSPS) is 10.8. The molecular weight excluding hydrogens is 326 g/mol. The van der Waals surface area contributed by atoms with E-state index in [1.54, 1.807) is 12.4 Å². The summed E-state index contributed by atoms with van der Waals surface area (Å²) in [6.07, 6.45) is 5.40. The summed E-state index contributed by atoms with van der Waals surface area (Å²) in [6, 6.07) is 17.7. The molecule has 0 fully saturated rings. The van der Waals surface area contributed by atoms with E-state index in [1.807, 2.05) is 65.5 Å². The van der Waals surface area contributed by atoms with Crippen LogP contribution >= 0.6 is 0 Å². The fraction of sp³-hybridized carbons (Fsp3) is 0.0952. The summed E-state index contributed by atoms with van der Waals surface area (Å²) in [7, 11) is 1.39. The third-order valence-corrected chi connectivity index (χ3v) is 4.28.